The van der Waals surface area contributed by atoms with Gasteiger partial charge in [0.25, 0.3) is 5.91 Å². The van der Waals surface area contributed by atoms with Crippen LogP contribution in [-0.2, 0) is 16.0 Å². The SMILES string of the molecule is CCC(NCCc1ccc(NC(=O)CN2NCC=CC2=O)cc1)[C@H](O)c1ccccc1. The van der Waals surface area contributed by atoms with Crippen molar-refractivity contribution in [2.24, 2.45) is 0 Å². The Bertz CT molecular complexity index is 883. The van der Waals surface area contributed by atoms with E-state index in [2.05, 4.69) is 23.0 Å². The maximum absolute atomic E-state index is 12.2. The van der Waals surface area contributed by atoms with E-state index in [0.717, 1.165) is 30.5 Å². The van der Waals surface area contributed by atoms with E-state index in [-0.39, 0.29) is 24.4 Å². The molecule has 4 N–H and O–H groups in total. The summed E-state index contributed by atoms with van der Waals surface area (Å²) < 4.78 is 0. The normalized spacial score (nSPS) is 15.5. The van der Waals surface area contributed by atoms with E-state index >= 15 is 0 Å². The van der Waals surface area contributed by atoms with Gasteiger partial charge in [-0.2, -0.15) is 0 Å². The molecule has 7 nitrogen and oxygen atoms in total. The molecule has 2 aromatic rings. The van der Waals surface area contributed by atoms with Crippen molar-refractivity contribution in [1.82, 2.24) is 15.8 Å². The van der Waals surface area contributed by atoms with Crippen LogP contribution >= 0.6 is 0 Å². The van der Waals surface area contributed by atoms with E-state index in [1.165, 1.54) is 11.1 Å². The predicted molar refractivity (Wildman–Crippen MR) is 121 cm³/mol. The molecule has 2 amide bonds. The molecule has 2 atom stereocenters. The zero-order valence-electron chi connectivity index (χ0n) is 17.8. The highest BCUT2D eigenvalue weighted by Gasteiger charge is 2.18. The molecule has 0 aromatic heterocycles. The summed E-state index contributed by atoms with van der Waals surface area (Å²) in [5, 5.41) is 18.1. The lowest BCUT2D eigenvalue weighted by atomic mass is 10.00. The average Bonchev–Trinajstić information content (AvgIpc) is 2.79. The molecule has 3 rings (SSSR count). The smallest absolute Gasteiger partial charge is 0.260 e. The molecule has 1 heterocycles. The number of aliphatic hydroxyl groups excluding tert-OH is 1. The molecule has 0 bridgehead atoms. The molecule has 1 aliphatic heterocycles. The number of nitrogens with zero attached hydrogens (tertiary/aromatic N) is 1. The maximum atomic E-state index is 12.2. The minimum absolute atomic E-state index is 0.0121. The van der Waals surface area contributed by atoms with Crippen LogP contribution in [0, 0.1) is 0 Å². The van der Waals surface area contributed by atoms with Crippen LogP contribution in [-0.4, -0.2) is 47.6 Å². The van der Waals surface area contributed by atoms with Crippen molar-refractivity contribution in [3.8, 4) is 0 Å². The molecule has 0 radical (unpaired) electrons. The Morgan fingerprint density at radius 3 is 2.58 bits per heavy atom. The first-order chi connectivity index (χ1) is 15.1. The fourth-order valence-corrected chi connectivity index (χ4v) is 3.49. The Morgan fingerprint density at radius 1 is 1.16 bits per heavy atom. The van der Waals surface area contributed by atoms with Crippen LogP contribution in [0.15, 0.2) is 66.7 Å². The lowest BCUT2D eigenvalue weighted by Crippen LogP contribution is -2.48. The lowest BCUT2D eigenvalue weighted by molar-refractivity contribution is -0.134. The van der Waals surface area contributed by atoms with Crippen molar-refractivity contribution in [2.75, 3.05) is 25.0 Å². The van der Waals surface area contributed by atoms with Gasteiger partial charge in [0.15, 0.2) is 0 Å². The topological polar surface area (TPSA) is 93.7 Å². The fourth-order valence-electron chi connectivity index (χ4n) is 3.49. The van der Waals surface area contributed by atoms with E-state index in [1.54, 1.807) is 6.08 Å². The van der Waals surface area contributed by atoms with Crippen LogP contribution in [0.3, 0.4) is 0 Å². The molecule has 7 heteroatoms. The highest BCUT2D eigenvalue weighted by molar-refractivity contribution is 5.96. The lowest BCUT2D eigenvalue weighted by Gasteiger charge is -2.23. The van der Waals surface area contributed by atoms with Crippen LogP contribution in [0.1, 0.15) is 30.6 Å². The number of hydrogen-bond donors (Lipinski definition) is 4. The predicted octanol–water partition coefficient (Wildman–Crippen LogP) is 2.17. The molecule has 0 aliphatic carbocycles. The van der Waals surface area contributed by atoms with Gasteiger partial charge in [-0.1, -0.05) is 55.5 Å². The fraction of sp³-hybridized carbons (Fsp3) is 0.333. The number of benzene rings is 2. The third-order valence-corrected chi connectivity index (χ3v) is 5.25. The molecule has 2 aromatic carbocycles. The number of anilines is 1. The molecule has 0 saturated heterocycles. The van der Waals surface area contributed by atoms with Gasteiger partial charge >= 0.3 is 0 Å². The van der Waals surface area contributed by atoms with E-state index in [4.69, 9.17) is 0 Å². The van der Waals surface area contributed by atoms with Crippen LogP contribution in [0.2, 0.25) is 0 Å². The molecule has 0 fully saturated rings. The molecule has 1 aliphatic rings. The van der Waals surface area contributed by atoms with Crippen LogP contribution in [0.4, 0.5) is 5.69 Å². The Hall–Kier alpha value is -3.00. The third kappa shape index (κ3) is 6.75. The minimum atomic E-state index is -0.541. The minimum Gasteiger partial charge on any atom is -0.387 e. The molecule has 1 unspecified atom stereocenters. The summed E-state index contributed by atoms with van der Waals surface area (Å²) in [4.78, 5) is 23.9. The Labute approximate surface area is 183 Å². The second-order valence-electron chi connectivity index (χ2n) is 7.51. The van der Waals surface area contributed by atoms with Crippen molar-refractivity contribution in [1.29, 1.82) is 0 Å². The first kappa shape index (κ1) is 22.7. The molecule has 0 spiro atoms. The number of carbonyl (C=O) groups is 2. The number of rotatable bonds is 10. The summed E-state index contributed by atoms with van der Waals surface area (Å²) in [5.74, 6) is -0.488. The summed E-state index contributed by atoms with van der Waals surface area (Å²) in [6.45, 7) is 3.29. The van der Waals surface area contributed by atoms with E-state index in [9.17, 15) is 14.7 Å². The largest absolute Gasteiger partial charge is 0.387 e. The monoisotopic (exact) mass is 422 g/mol. The second-order valence-corrected chi connectivity index (χ2v) is 7.51. The van der Waals surface area contributed by atoms with Crippen molar-refractivity contribution < 1.29 is 14.7 Å². The maximum Gasteiger partial charge on any atom is 0.260 e. The highest BCUT2D eigenvalue weighted by atomic mass is 16.3. The Balaban J connectivity index is 1.44. The molecule has 0 saturated carbocycles. The van der Waals surface area contributed by atoms with Crippen LogP contribution in [0.25, 0.3) is 0 Å². The second kappa shape index (κ2) is 11.4. The number of nitrogens with one attached hydrogen (secondary N) is 3. The van der Waals surface area contributed by atoms with Crippen molar-refractivity contribution >= 4 is 17.5 Å². The third-order valence-electron chi connectivity index (χ3n) is 5.25. The number of carbonyl (C=O) groups excluding carboxylic acids is 2. The first-order valence-corrected chi connectivity index (χ1v) is 10.6. The highest BCUT2D eigenvalue weighted by Crippen LogP contribution is 2.18. The molecule has 31 heavy (non-hydrogen) atoms. The standard InChI is InChI=1S/C24H30N4O3/c1-2-21(24(31)19-7-4-3-5-8-19)25-16-14-18-10-12-20(13-11-18)27-22(29)17-28-23(30)9-6-15-26-28/h3-13,21,24-26,31H,2,14-17H2,1H3,(H,27,29)/t21?,24-/m1/s1. The molecule has 164 valence electrons. The van der Waals surface area contributed by atoms with Crippen molar-refractivity contribution in [3.63, 3.8) is 0 Å². The number of hydrogen-bond acceptors (Lipinski definition) is 5. The Kier molecular flexibility index (Phi) is 8.35. The molecular weight excluding hydrogens is 392 g/mol. The first-order valence-electron chi connectivity index (χ1n) is 10.6. The van der Waals surface area contributed by atoms with Gasteiger partial charge in [-0.25, -0.2) is 5.43 Å². The summed E-state index contributed by atoms with van der Waals surface area (Å²) in [7, 11) is 0. The van der Waals surface area contributed by atoms with E-state index in [0.29, 0.717) is 12.2 Å². The molecular formula is C24H30N4O3. The van der Waals surface area contributed by atoms with Gasteiger partial charge in [0, 0.05) is 24.4 Å². The van der Waals surface area contributed by atoms with Crippen molar-refractivity contribution in [3.05, 3.63) is 77.9 Å². The van der Waals surface area contributed by atoms with Gasteiger partial charge in [-0.05, 0) is 42.6 Å². The summed E-state index contributed by atoms with van der Waals surface area (Å²) in [6.07, 6.45) is 4.26. The zero-order chi connectivity index (χ0) is 22.1. The number of aliphatic hydroxyl groups is 1. The van der Waals surface area contributed by atoms with Crippen LogP contribution < -0.4 is 16.1 Å². The summed E-state index contributed by atoms with van der Waals surface area (Å²) in [5.41, 5.74) is 5.60. The van der Waals surface area contributed by atoms with Gasteiger partial charge in [-0.3, -0.25) is 14.6 Å². The van der Waals surface area contributed by atoms with Gasteiger partial charge in [0.2, 0.25) is 5.91 Å². The van der Waals surface area contributed by atoms with Gasteiger partial charge < -0.3 is 15.7 Å². The van der Waals surface area contributed by atoms with Crippen LogP contribution in [0.5, 0.6) is 0 Å². The Morgan fingerprint density at radius 2 is 1.90 bits per heavy atom. The number of amides is 2. The van der Waals surface area contributed by atoms with E-state index in [1.807, 2.05) is 54.6 Å². The van der Waals surface area contributed by atoms with Gasteiger partial charge in [0.05, 0.1) is 6.10 Å². The average molecular weight is 423 g/mol. The van der Waals surface area contributed by atoms with Gasteiger partial charge in [-0.15, -0.1) is 0 Å². The zero-order valence-corrected chi connectivity index (χ0v) is 17.8. The summed E-state index contributed by atoms with van der Waals surface area (Å²) >= 11 is 0. The van der Waals surface area contributed by atoms with Crippen molar-refractivity contribution in [2.45, 2.75) is 31.9 Å². The van der Waals surface area contributed by atoms with E-state index < -0.39 is 6.10 Å². The van der Waals surface area contributed by atoms with Gasteiger partial charge in [0.1, 0.15) is 6.54 Å². The quantitative estimate of drug-likeness (QED) is 0.471. The summed E-state index contributed by atoms with van der Waals surface area (Å²) in [6, 6.07) is 17.3. The number of hydrazine groups is 1.